The molecule has 28 nitrogen and oxygen atoms in total. The quantitative estimate of drug-likeness (QED) is 0.00439. The first-order valence-electron chi connectivity index (χ1n) is 31.7. The number of halogens is 1. The minimum Gasteiger partial charge on any atom is -0.481 e. The third-order valence-electron chi connectivity index (χ3n) is 16.8. The van der Waals surface area contributed by atoms with Crippen molar-refractivity contribution in [3.05, 3.63) is 160 Å². The van der Waals surface area contributed by atoms with E-state index in [1.807, 2.05) is 60.7 Å². The van der Waals surface area contributed by atoms with Gasteiger partial charge in [-0.15, -0.1) is 11.6 Å². The van der Waals surface area contributed by atoms with Crippen LogP contribution in [0.25, 0.3) is 43.7 Å². The van der Waals surface area contributed by atoms with Crippen LogP contribution in [0.5, 0.6) is 5.75 Å². The second-order valence-corrected chi connectivity index (χ2v) is 26.8. The predicted molar refractivity (Wildman–Crippen MR) is 382 cm³/mol. The summed E-state index contributed by atoms with van der Waals surface area (Å²) in [5.41, 5.74) is 10.6. The number of anilines is 3. The molecular weight excluding hydrogens is 1350 g/mol. The number of carbonyl (C=O) groups is 10. The molecule has 0 bridgehead atoms. The van der Waals surface area contributed by atoms with Crippen molar-refractivity contribution in [2.24, 2.45) is 11.8 Å². The Morgan fingerprint density at radius 1 is 0.720 bits per heavy atom. The van der Waals surface area contributed by atoms with Crippen LogP contribution in [-0.4, -0.2) is 152 Å². The number of nitrogens with one attached hydrogen (secondary N) is 6. The van der Waals surface area contributed by atoms with Crippen molar-refractivity contribution in [2.45, 2.75) is 88.8 Å². The van der Waals surface area contributed by atoms with Crippen LogP contribution in [0.3, 0.4) is 0 Å². The number of hydrogen-bond acceptors (Lipinski definition) is 20. The van der Waals surface area contributed by atoms with Crippen LogP contribution in [0.1, 0.15) is 118 Å². The maximum Gasteiger partial charge on any atom is 0.513 e. The number of nitrogens with zero attached hydrogens (tertiary/aromatic N) is 4. The van der Waals surface area contributed by atoms with Gasteiger partial charge in [0.1, 0.15) is 35.9 Å². The summed E-state index contributed by atoms with van der Waals surface area (Å²) < 4.78 is 11.2. The Morgan fingerprint density at radius 2 is 1.42 bits per heavy atom. The standard InChI is InChI=1S/C69H68ClN11O17S2.4H2/c70-31-42-34-81(63(87)53-29-41-25-36(13-20-49(41)76-53)26-55(83)52-28-38-7-1-5-11-48(38)75-52)54-30-56(46-9-3-4-10-47(46)58(42)54)98-69(96)97-23-24-99-100-35-40(65(90)91)8-2-6-12-50(66(92)93)77-57(84)22-16-39(64(88)89)27-45(82)19-21-51(67(94)95)78-61(85)37-14-17-43(18-15-37)72-32-44-33-73-60-59(74-44)62(86)80-68(71)79-60;;;;/h1,3-5,7,9-11,13-15,17-18,20,25,28-30,33,39-40,42,50-51,72,75-76H,2,6,8,12,16,19,21-24,26-27,31-32,34-35H2,(H,77,84)(H,78,85)(H,88,89)(H,90,91)(H,92,93)(H,94,95)(H3,71,73,79,80,86);4*1H/t39-,40+,42-,50+,51+;;;;/m0..../s1/i;4*1+1. The minimum absolute atomic E-state index is 0. The van der Waals surface area contributed by atoms with E-state index in [4.69, 9.17) is 26.8 Å². The largest absolute Gasteiger partial charge is 0.513 e. The Hall–Kier alpha value is -10.8. The highest BCUT2D eigenvalue weighted by atomic mass is 35.5. The van der Waals surface area contributed by atoms with Gasteiger partial charge in [0, 0.05) is 106 Å². The molecule has 10 rings (SSSR count). The van der Waals surface area contributed by atoms with Crippen LogP contribution >= 0.6 is 33.2 Å². The van der Waals surface area contributed by atoms with E-state index in [0.29, 0.717) is 39.4 Å². The first-order valence-corrected chi connectivity index (χ1v) is 34.7. The van der Waals surface area contributed by atoms with Crippen LogP contribution in [0, 0.1) is 11.8 Å². The average molecular weight is 1440 g/mol. The number of ether oxygens (including phenoxy) is 2. The first kappa shape index (κ1) is 71.9. The summed E-state index contributed by atoms with van der Waals surface area (Å²) in [6.07, 6.45) is -1.09. The van der Waals surface area contributed by atoms with Gasteiger partial charge in [0.15, 0.2) is 16.9 Å². The van der Waals surface area contributed by atoms with Crippen LogP contribution < -0.4 is 36.9 Å². The van der Waals surface area contributed by atoms with Crippen molar-refractivity contribution in [1.29, 1.82) is 0 Å². The number of Topliss-reactive ketones (excluding diaryl/α,β-unsaturated/α-hetero) is 2. The third-order valence-corrected chi connectivity index (χ3v) is 19.7. The number of unbranched alkanes of at least 4 members (excludes halogenated alkanes) is 1. The molecule has 0 fully saturated rings. The Labute approximate surface area is 587 Å². The van der Waals surface area contributed by atoms with E-state index in [-0.39, 0.29) is 134 Å². The van der Waals surface area contributed by atoms with Gasteiger partial charge in [-0.2, -0.15) is 4.98 Å². The van der Waals surface area contributed by atoms with E-state index >= 15 is 0 Å². The molecule has 0 saturated heterocycles. The summed E-state index contributed by atoms with van der Waals surface area (Å²) in [4.78, 5) is 163. The number of nitrogen functional groups attached to an aromatic ring is 1. The minimum atomic E-state index is -1.53. The van der Waals surface area contributed by atoms with E-state index in [9.17, 15) is 73.2 Å². The molecule has 9 aromatic rings. The number of carbonyl (C=O) groups excluding carboxylic acids is 6. The monoisotopic (exact) mass is 1430 g/mol. The normalized spacial score (nSPS) is 13.8. The molecule has 1 aliphatic rings. The van der Waals surface area contributed by atoms with Gasteiger partial charge in [0.25, 0.3) is 17.4 Å². The molecule has 528 valence electrons. The molecule has 1 aliphatic heterocycles. The number of nitrogens with two attached hydrogens (primary N) is 1. The molecular formula is C69H76ClN11O17S2. The smallest absolute Gasteiger partial charge is 0.481 e. The van der Waals surface area contributed by atoms with Gasteiger partial charge in [-0.3, -0.25) is 43.3 Å². The number of hydrogen-bond donors (Lipinski definition) is 11. The molecule has 0 spiro atoms. The second-order valence-electron chi connectivity index (χ2n) is 23.8. The fourth-order valence-corrected chi connectivity index (χ4v) is 14.1. The molecule has 0 radical (unpaired) electrons. The number of rotatable bonds is 35. The molecule has 0 saturated carbocycles. The number of benzene rings is 5. The SMILES string of the molecule is Nc1nc2ncc(CNc3ccc(C(=O)N[C@H](CCC(=O)C[C@H](CCC(=O)N[C@H](CCCC[C@H](CSSCCOC(=O)Oc4cc5c(c6ccccc46)[C@@H](CCl)CN5C(=O)c4cc5cc(CC(=O)c6cc7ccccc7[nH]6)ccc5[nH]4)C(=O)O)C(=O)O)C(=O)O)C(=O)O)cc3)nc2c(=O)[nH]1.[2HH].[2HH].[2HH].[2HH]. The first-order chi connectivity index (χ1) is 48.1. The summed E-state index contributed by atoms with van der Waals surface area (Å²) in [6, 6.07) is 28.7. The number of carboxylic acid groups (broad SMARTS) is 4. The zero-order valence-electron chi connectivity index (χ0n) is 53.3. The van der Waals surface area contributed by atoms with Gasteiger partial charge < -0.3 is 66.5 Å². The Morgan fingerprint density at radius 3 is 2.16 bits per heavy atom. The predicted octanol–water partition coefficient (Wildman–Crippen LogP) is 10.2. The number of aromatic amines is 3. The van der Waals surface area contributed by atoms with Crippen molar-refractivity contribution < 1.29 is 83.6 Å². The van der Waals surface area contributed by atoms with Crippen molar-refractivity contribution in [3.8, 4) is 5.75 Å². The van der Waals surface area contributed by atoms with E-state index in [1.165, 1.54) is 39.9 Å². The lowest BCUT2D eigenvalue weighted by Crippen LogP contribution is -2.41. The summed E-state index contributed by atoms with van der Waals surface area (Å²) >= 11 is 6.55. The highest BCUT2D eigenvalue weighted by molar-refractivity contribution is 8.76. The maximum atomic E-state index is 14.4. The lowest BCUT2D eigenvalue weighted by Gasteiger charge is -2.18. The average Bonchev–Trinajstić information content (AvgIpc) is 1.57. The number of amides is 3. The Kier molecular flexibility index (Phi) is 23.8. The van der Waals surface area contributed by atoms with Crippen molar-refractivity contribution in [3.63, 3.8) is 0 Å². The van der Waals surface area contributed by atoms with Gasteiger partial charge >= 0.3 is 30.0 Å². The number of ketones is 2. The fraction of sp³-hybridized carbons (Fsp3) is 0.304. The van der Waals surface area contributed by atoms with Gasteiger partial charge in [0.2, 0.25) is 11.9 Å². The molecule has 100 heavy (non-hydrogen) atoms. The van der Waals surface area contributed by atoms with Gasteiger partial charge in [0.05, 0.1) is 41.7 Å². The molecule has 4 aromatic heterocycles. The number of aromatic nitrogens is 6. The highest BCUT2D eigenvalue weighted by Gasteiger charge is 2.37. The molecule has 5 atom stereocenters. The van der Waals surface area contributed by atoms with Crippen LogP contribution in [-0.2, 0) is 46.5 Å². The zero-order valence-corrected chi connectivity index (χ0v) is 55.7. The van der Waals surface area contributed by atoms with Crippen LogP contribution in [0.4, 0.5) is 22.1 Å². The number of H-pyrrole nitrogens is 3. The number of fused-ring (bicyclic) bond motifs is 6. The fourth-order valence-electron chi connectivity index (χ4n) is 11.7. The topological polar surface area (TPSA) is 439 Å². The molecule has 3 amide bonds. The Balaban J connectivity index is 0.00000424. The van der Waals surface area contributed by atoms with Crippen molar-refractivity contribution >= 4 is 154 Å². The number of aliphatic carboxylic acids is 4. The summed E-state index contributed by atoms with van der Waals surface area (Å²) in [7, 11) is 2.50. The van der Waals surface area contributed by atoms with Gasteiger partial charge in [-0.1, -0.05) is 83.0 Å². The molecule has 0 aliphatic carbocycles. The van der Waals surface area contributed by atoms with Crippen molar-refractivity contribution in [1.82, 2.24) is 40.5 Å². The number of para-hydroxylation sites is 1. The zero-order chi connectivity index (χ0) is 71.1. The highest BCUT2D eigenvalue weighted by Crippen LogP contribution is 2.46. The van der Waals surface area contributed by atoms with Gasteiger partial charge in [-0.05, 0) is 96.8 Å². The van der Waals surface area contributed by atoms with E-state index in [1.54, 1.807) is 41.3 Å². The summed E-state index contributed by atoms with van der Waals surface area (Å²) in [5.74, 6) is -9.76. The van der Waals surface area contributed by atoms with E-state index < -0.39 is 96.4 Å². The third kappa shape index (κ3) is 18.3. The summed E-state index contributed by atoms with van der Waals surface area (Å²) in [5, 5.41) is 50.4. The molecule has 12 N–H and O–H groups in total. The lowest BCUT2D eigenvalue weighted by molar-refractivity contribution is -0.145. The van der Waals surface area contributed by atoms with E-state index in [0.717, 1.165) is 32.8 Å². The maximum absolute atomic E-state index is 14.4. The lowest BCUT2D eigenvalue weighted by atomic mass is 9.94. The van der Waals surface area contributed by atoms with Gasteiger partial charge in [-0.25, -0.2) is 24.4 Å². The Bertz CT molecular complexity index is 4670. The molecule has 5 heterocycles. The number of carboxylic acids is 4. The van der Waals surface area contributed by atoms with E-state index in [2.05, 4.69) is 45.9 Å². The summed E-state index contributed by atoms with van der Waals surface area (Å²) in [6.45, 7) is 0.289. The number of alkyl halides is 1. The molecule has 31 heteroatoms. The van der Waals surface area contributed by atoms with Crippen LogP contribution in [0.15, 0.2) is 120 Å². The molecule has 5 aromatic carbocycles. The van der Waals surface area contributed by atoms with Crippen LogP contribution in [0.2, 0.25) is 0 Å². The second kappa shape index (κ2) is 33.1. The molecule has 0 unspecified atom stereocenters. The van der Waals surface area contributed by atoms with Crippen molar-refractivity contribution in [2.75, 3.05) is 46.5 Å².